The number of hydrogen-bond donors (Lipinski definition) is 0. The van der Waals surface area contributed by atoms with Gasteiger partial charge in [0.15, 0.2) is 0 Å². The maximum Gasteiger partial charge on any atom is 0.0397 e. The van der Waals surface area contributed by atoms with E-state index in [2.05, 4.69) is 46.1 Å². The summed E-state index contributed by atoms with van der Waals surface area (Å²) in [4.78, 5) is 2.33. The second-order valence-electron chi connectivity index (χ2n) is 3.57. The van der Waals surface area contributed by atoms with Crippen LogP contribution in [-0.4, -0.2) is 18.9 Å². The van der Waals surface area contributed by atoms with Gasteiger partial charge in [0.2, 0.25) is 0 Å². The van der Waals surface area contributed by atoms with Crippen LogP contribution in [-0.2, 0) is 12.8 Å². The van der Waals surface area contributed by atoms with Crippen molar-refractivity contribution in [3.63, 3.8) is 0 Å². The molecule has 0 bridgehead atoms. The van der Waals surface area contributed by atoms with E-state index in [1.807, 2.05) is 0 Å². The summed E-state index contributed by atoms with van der Waals surface area (Å²) < 4.78 is 0. The fourth-order valence-electron chi connectivity index (χ4n) is 1.88. The monoisotopic (exact) mass is 239 g/mol. The van der Waals surface area contributed by atoms with Crippen LogP contribution in [0.1, 0.15) is 11.1 Å². The third-order valence-electron chi connectivity index (χ3n) is 2.65. The average Bonchev–Trinajstić information content (AvgIpc) is 2.48. The van der Waals surface area contributed by atoms with Crippen LogP contribution in [0.5, 0.6) is 0 Å². The minimum Gasteiger partial charge on any atom is -0.374 e. The molecule has 1 aliphatic rings. The van der Waals surface area contributed by atoms with Gasteiger partial charge in [0.25, 0.3) is 0 Å². The number of alkyl halides is 1. The van der Waals surface area contributed by atoms with Gasteiger partial charge in [0.05, 0.1) is 0 Å². The van der Waals surface area contributed by atoms with Crippen LogP contribution in [0, 0.1) is 0 Å². The summed E-state index contributed by atoms with van der Waals surface area (Å²) >= 11 is 3.47. The quantitative estimate of drug-likeness (QED) is 0.718. The number of likely N-dealkylation sites (N-methyl/N-ethyl adjacent to an activating group) is 1. The predicted molar refractivity (Wildman–Crippen MR) is 60.9 cm³/mol. The molecule has 0 unspecified atom stereocenters. The zero-order valence-corrected chi connectivity index (χ0v) is 9.47. The van der Waals surface area contributed by atoms with E-state index in [0.29, 0.717) is 0 Å². The highest BCUT2D eigenvalue weighted by molar-refractivity contribution is 9.09. The highest BCUT2D eigenvalue weighted by atomic mass is 79.9. The number of fused-ring (bicyclic) bond motifs is 1. The minimum absolute atomic E-state index is 1.06. The number of halogens is 1. The Morgan fingerprint density at radius 2 is 2.31 bits per heavy atom. The lowest BCUT2D eigenvalue weighted by Gasteiger charge is -2.11. The molecule has 2 rings (SSSR count). The number of aryl methyl sites for hydroxylation is 1. The Hall–Kier alpha value is -0.500. The van der Waals surface area contributed by atoms with Gasteiger partial charge in [-0.25, -0.2) is 0 Å². The van der Waals surface area contributed by atoms with E-state index >= 15 is 0 Å². The second-order valence-corrected chi connectivity index (χ2v) is 4.37. The molecular formula is C11H14BrN. The van der Waals surface area contributed by atoms with Crippen LogP contribution < -0.4 is 4.90 Å². The van der Waals surface area contributed by atoms with E-state index in [4.69, 9.17) is 0 Å². The molecule has 1 aliphatic heterocycles. The van der Waals surface area contributed by atoms with E-state index in [9.17, 15) is 0 Å². The van der Waals surface area contributed by atoms with Crippen LogP contribution in [0.15, 0.2) is 18.2 Å². The van der Waals surface area contributed by atoms with Gasteiger partial charge in [-0.05, 0) is 30.0 Å². The van der Waals surface area contributed by atoms with Crippen molar-refractivity contribution >= 4 is 21.6 Å². The van der Waals surface area contributed by atoms with Crippen molar-refractivity contribution in [3.8, 4) is 0 Å². The third kappa shape index (κ3) is 1.73. The fourth-order valence-corrected chi connectivity index (χ4v) is 2.34. The van der Waals surface area contributed by atoms with Gasteiger partial charge in [-0.3, -0.25) is 0 Å². The molecule has 0 saturated carbocycles. The van der Waals surface area contributed by atoms with Crippen molar-refractivity contribution in [2.45, 2.75) is 12.8 Å². The Bertz CT molecular complexity index is 309. The molecule has 1 heterocycles. The van der Waals surface area contributed by atoms with Gasteiger partial charge in [-0.1, -0.05) is 28.1 Å². The molecule has 1 nitrogen and oxygen atoms in total. The van der Waals surface area contributed by atoms with E-state index in [0.717, 1.165) is 11.8 Å². The maximum absolute atomic E-state index is 3.47. The van der Waals surface area contributed by atoms with Crippen LogP contribution in [0.25, 0.3) is 0 Å². The van der Waals surface area contributed by atoms with Crippen LogP contribution in [0.4, 0.5) is 5.69 Å². The topological polar surface area (TPSA) is 3.24 Å². The first-order valence-corrected chi connectivity index (χ1v) is 5.82. The van der Waals surface area contributed by atoms with Crippen molar-refractivity contribution in [1.82, 2.24) is 0 Å². The standard InChI is InChI=1S/C11H14BrN/c1-13-7-5-10-8-9(4-6-12)2-3-11(10)13/h2-3,8H,4-7H2,1H3. The van der Waals surface area contributed by atoms with Gasteiger partial charge in [0, 0.05) is 24.6 Å². The lowest BCUT2D eigenvalue weighted by Crippen LogP contribution is -2.12. The highest BCUT2D eigenvalue weighted by Crippen LogP contribution is 2.27. The lowest BCUT2D eigenvalue weighted by atomic mass is 10.1. The maximum atomic E-state index is 3.47. The van der Waals surface area contributed by atoms with Crippen molar-refractivity contribution in [3.05, 3.63) is 29.3 Å². The predicted octanol–water partition coefficient (Wildman–Crippen LogP) is 2.62. The largest absolute Gasteiger partial charge is 0.374 e. The summed E-state index contributed by atoms with van der Waals surface area (Å²) in [5.74, 6) is 0. The molecule has 0 atom stereocenters. The zero-order valence-electron chi connectivity index (χ0n) is 7.89. The first-order chi connectivity index (χ1) is 6.31. The summed E-state index contributed by atoms with van der Waals surface area (Å²) in [6.45, 7) is 1.17. The van der Waals surface area contributed by atoms with Crippen molar-refractivity contribution in [2.75, 3.05) is 23.8 Å². The average molecular weight is 240 g/mol. The number of nitrogens with zero attached hydrogens (tertiary/aromatic N) is 1. The van der Waals surface area contributed by atoms with Gasteiger partial charge in [-0.15, -0.1) is 0 Å². The van der Waals surface area contributed by atoms with Crippen molar-refractivity contribution < 1.29 is 0 Å². The normalized spacial score (nSPS) is 14.8. The van der Waals surface area contributed by atoms with E-state index < -0.39 is 0 Å². The van der Waals surface area contributed by atoms with E-state index in [-0.39, 0.29) is 0 Å². The zero-order chi connectivity index (χ0) is 9.26. The molecule has 0 aromatic heterocycles. The number of benzene rings is 1. The summed E-state index contributed by atoms with van der Waals surface area (Å²) in [6, 6.07) is 6.84. The molecule has 0 aliphatic carbocycles. The second kappa shape index (κ2) is 3.70. The Balaban J connectivity index is 2.29. The van der Waals surface area contributed by atoms with Crippen LogP contribution >= 0.6 is 15.9 Å². The minimum atomic E-state index is 1.06. The molecule has 0 N–H and O–H groups in total. The molecule has 0 saturated heterocycles. The molecule has 0 amide bonds. The molecule has 0 radical (unpaired) electrons. The molecule has 0 spiro atoms. The summed E-state index contributed by atoms with van der Waals surface area (Å²) in [7, 11) is 2.16. The molecule has 1 aromatic rings. The Kier molecular flexibility index (Phi) is 2.58. The first-order valence-electron chi connectivity index (χ1n) is 4.70. The van der Waals surface area contributed by atoms with Gasteiger partial charge in [0.1, 0.15) is 0 Å². The molecule has 1 aromatic carbocycles. The Labute approximate surface area is 87.9 Å². The number of rotatable bonds is 2. The summed E-state index contributed by atoms with van der Waals surface area (Å²) in [5, 5.41) is 1.06. The van der Waals surface area contributed by atoms with Gasteiger partial charge < -0.3 is 4.90 Å². The lowest BCUT2D eigenvalue weighted by molar-refractivity contribution is 0.955. The highest BCUT2D eigenvalue weighted by Gasteiger charge is 2.14. The Morgan fingerprint density at radius 3 is 3.08 bits per heavy atom. The summed E-state index contributed by atoms with van der Waals surface area (Å²) in [6.07, 6.45) is 2.35. The Morgan fingerprint density at radius 1 is 1.46 bits per heavy atom. The van der Waals surface area contributed by atoms with E-state index in [1.54, 1.807) is 0 Å². The van der Waals surface area contributed by atoms with Crippen molar-refractivity contribution in [2.24, 2.45) is 0 Å². The molecule has 0 fully saturated rings. The van der Waals surface area contributed by atoms with Gasteiger partial charge in [-0.2, -0.15) is 0 Å². The van der Waals surface area contributed by atoms with Crippen LogP contribution in [0.2, 0.25) is 0 Å². The summed E-state index contributed by atoms with van der Waals surface area (Å²) in [5.41, 5.74) is 4.38. The third-order valence-corrected chi connectivity index (χ3v) is 3.05. The molecular weight excluding hydrogens is 226 g/mol. The number of anilines is 1. The van der Waals surface area contributed by atoms with Crippen LogP contribution in [0.3, 0.4) is 0 Å². The SMILES string of the molecule is CN1CCc2cc(CCBr)ccc21. The van der Waals surface area contributed by atoms with Gasteiger partial charge >= 0.3 is 0 Å². The smallest absolute Gasteiger partial charge is 0.0397 e. The first kappa shape index (κ1) is 9.07. The fraction of sp³-hybridized carbons (Fsp3) is 0.455. The van der Waals surface area contributed by atoms with Crippen molar-refractivity contribution in [1.29, 1.82) is 0 Å². The molecule has 13 heavy (non-hydrogen) atoms. The van der Waals surface area contributed by atoms with E-state index in [1.165, 1.54) is 29.8 Å². The molecule has 2 heteroatoms. The molecule has 70 valence electrons. The number of hydrogen-bond acceptors (Lipinski definition) is 1.